The molecule has 0 saturated carbocycles. The molecule has 2 rings (SSSR count). The maximum Gasteiger partial charge on any atom is 0.313 e. The Morgan fingerprint density at radius 3 is 3.05 bits per heavy atom. The van der Waals surface area contributed by atoms with Crippen molar-refractivity contribution in [1.29, 1.82) is 0 Å². The largest absolute Gasteiger partial charge is 0.495 e. The molecule has 19 heavy (non-hydrogen) atoms. The van der Waals surface area contributed by atoms with Crippen LogP contribution in [0.5, 0.6) is 5.75 Å². The summed E-state index contributed by atoms with van der Waals surface area (Å²) in [6, 6.07) is 5.36. The second kappa shape index (κ2) is 6.02. The lowest BCUT2D eigenvalue weighted by Gasteiger charge is -2.07. The second-order valence-electron chi connectivity index (χ2n) is 3.37. The number of carbonyl (C=O) groups is 1. The van der Waals surface area contributed by atoms with Gasteiger partial charge in [0, 0.05) is 6.07 Å². The van der Waals surface area contributed by atoms with Crippen LogP contribution in [0.4, 0.5) is 0 Å². The molecule has 2 aromatic rings. The second-order valence-corrected chi connectivity index (χ2v) is 5.17. The van der Waals surface area contributed by atoms with Gasteiger partial charge in [-0.15, -0.1) is 5.10 Å². The van der Waals surface area contributed by atoms with Gasteiger partial charge in [0.05, 0.1) is 23.0 Å². The van der Waals surface area contributed by atoms with Crippen molar-refractivity contribution in [2.24, 2.45) is 0 Å². The Morgan fingerprint density at radius 2 is 2.37 bits per heavy atom. The summed E-state index contributed by atoms with van der Waals surface area (Å²) >= 11 is 4.40. The third kappa shape index (κ3) is 3.24. The van der Waals surface area contributed by atoms with Gasteiger partial charge in [0.2, 0.25) is 5.16 Å². The molecule has 0 bridgehead atoms. The Kier molecular flexibility index (Phi) is 4.38. The minimum Gasteiger partial charge on any atom is -0.495 e. The number of ether oxygens (including phenoxy) is 1. The number of halogens is 1. The quantitative estimate of drug-likeness (QED) is 0.824. The summed E-state index contributed by atoms with van der Waals surface area (Å²) < 4.78 is 7.46. The first-order valence-corrected chi connectivity index (χ1v) is 6.86. The van der Waals surface area contributed by atoms with E-state index in [0.717, 1.165) is 16.2 Å². The SMILES string of the molecule is COc1cc(-n2nnnc2SCC(=O)O)ccc1Br. The van der Waals surface area contributed by atoms with Crippen molar-refractivity contribution in [3.8, 4) is 11.4 Å². The summed E-state index contributed by atoms with van der Waals surface area (Å²) in [6.45, 7) is 0. The predicted molar refractivity (Wildman–Crippen MR) is 71.8 cm³/mol. The molecule has 0 unspecified atom stereocenters. The fraction of sp³-hybridized carbons (Fsp3) is 0.200. The lowest BCUT2D eigenvalue weighted by Crippen LogP contribution is -2.03. The lowest BCUT2D eigenvalue weighted by atomic mass is 10.3. The van der Waals surface area contributed by atoms with Gasteiger partial charge in [0.1, 0.15) is 5.75 Å². The number of nitrogens with zero attached hydrogens (tertiary/aromatic N) is 4. The standard InChI is InChI=1S/C10H9BrN4O3S/c1-18-8-4-6(2-3-7(8)11)15-10(12-13-14-15)19-5-9(16)17/h2-4H,5H2,1H3,(H,16,17). The number of thioether (sulfide) groups is 1. The highest BCUT2D eigenvalue weighted by Crippen LogP contribution is 2.28. The molecule has 1 N–H and O–H groups in total. The summed E-state index contributed by atoms with van der Waals surface area (Å²) in [5.41, 5.74) is 0.693. The van der Waals surface area contributed by atoms with Crippen LogP contribution in [0.2, 0.25) is 0 Å². The highest BCUT2D eigenvalue weighted by Gasteiger charge is 2.12. The van der Waals surface area contributed by atoms with Gasteiger partial charge >= 0.3 is 5.97 Å². The van der Waals surface area contributed by atoms with Crippen molar-refractivity contribution < 1.29 is 14.6 Å². The molecule has 100 valence electrons. The molecule has 0 spiro atoms. The maximum atomic E-state index is 10.6. The first kappa shape index (κ1) is 13.8. The van der Waals surface area contributed by atoms with E-state index >= 15 is 0 Å². The fourth-order valence-corrected chi connectivity index (χ4v) is 2.36. The van der Waals surface area contributed by atoms with Crippen LogP contribution >= 0.6 is 27.7 Å². The molecule has 1 aromatic carbocycles. The van der Waals surface area contributed by atoms with E-state index in [-0.39, 0.29) is 5.75 Å². The van der Waals surface area contributed by atoms with Gasteiger partial charge in [0.25, 0.3) is 0 Å². The normalized spacial score (nSPS) is 10.4. The Bertz CT molecular complexity index is 604. The van der Waals surface area contributed by atoms with Crippen molar-refractivity contribution in [2.45, 2.75) is 5.16 Å². The van der Waals surface area contributed by atoms with Crippen LogP contribution in [-0.4, -0.2) is 44.1 Å². The molecule has 0 atom stereocenters. The summed E-state index contributed by atoms with van der Waals surface area (Å²) in [7, 11) is 1.56. The Morgan fingerprint density at radius 1 is 1.58 bits per heavy atom. The molecule has 0 aliphatic carbocycles. The van der Waals surface area contributed by atoms with Crippen LogP contribution < -0.4 is 4.74 Å². The van der Waals surface area contributed by atoms with Crippen LogP contribution in [0.1, 0.15) is 0 Å². The molecule has 7 nitrogen and oxygen atoms in total. The van der Waals surface area contributed by atoms with Crippen molar-refractivity contribution in [3.05, 3.63) is 22.7 Å². The van der Waals surface area contributed by atoms with Crippen LogP contribution in [0.25, 0.3) is 5.69 Å². The zero-order valence-electron chi connectivity index (χ0n) is 9.78. The fourth-order valence-electron chi connectivity index (χ4n) is 1.34. The van der Waals surface area contributed by atoms with Gasteiger partial charge in [-0.25, -0.2) is 0 Å². The van der Waals surface area contributed by atoms with E-state index < -0.39 is 5.97 Å². The maximum absolute atomic E-state index is 10.6. The summed E-state index contributed by atoms with van der Waals surface area (Å²) in [5, 5.41) is 20.3. The van der Waals surface area contributed by atoms with E-state index in [0.29, 0.717) is 16.6 Å². The van der Waals surface area contributed by atoms with E-state index in [2.05, 4.69) is 31.5 Å². The Hall–Kier alpha value is -1.61. The van der Waals surface area contributed by atoms with Gasteiger partial charge in [-0.05, 0) is 38.5 Å². The van der Waals surface area contributed by atoms with E-state index in [9.17, 15) is 4.79 Å². The molecule has 1 aromatic heterocycles. The van der Waals surface area contributed by atoms with Gasteiger partial charge in [0.15, 0.2) is 0 Å². The third-order valence-corrected chi connectivity index (χ3v) is 3.70. The van der Waals surface area contributed by atoms with E-state index in [1.165, 1.54) is 4.68 Å². The highest BCUT2D eigenvalue weighted by atomic mass is 79.9. The molecule has 9 heteroatoms. The number of aliphatic carboxylic acids is 1. The van der Waals surface area contributed by atoms with Crippen molar-refractivity contribution in [3.63, 3.8) is 0 Å². The number of carboxylic acid groups (broad SMARTS) is 1. The zero-order valence-corrected chi connectivity index (χ0v) is 12.2. The highest BCUT2D eigenvalue weighted by molar-refractivity contribution is 9.10. The Labute approximate surface area is 121 Å². The first-order chi connectivity index (χ1) is 9.11. The molecule has 0 radical (unpaired) electrons. The van der Waals surface area contributed by atoms with Gasteiger partial charge in [-0.2, -0.15) is 4.68 Å². The van der Waals surface area contributed by atoms with Gasteiger partial charge < -0.3 is 9.84 Å². The van der Waals surface area contributed by atoms with E-state index in [1.807, 2.05) is 6.07 Å². The molecular formula is C10H9BrN4O3S. The van der Waals surface area contributed by atoms with Gasteiger partial charge in [-0.1, -0.05) is 11.8 Å². The van der Waals surface area contributed by atoms with Crippen LogP contribution in [0.15, 0.2) is 27.8 Å². The molecule has 0 aliphatic rings. The van der Waals surface area contributed by atoms with E-state index in [4.69, 9.17) is 9.84 Å². The average Bonchev–Trinajstić information content (AvgIpc) is 2.85. The molecule has 1 heterocycles. The number of methoxy groups -OCH3 is 1. The monoisotopic (exact) mass is 344 g/mol. The lowest BCUT2D eigenvalue weighted by molar-refractivity contribution is -0.133. The van der Waals surface area contributed by atoms with Crippen LogP contribution in [-0.2, 0) is 4.79 Å². The van der Waals surface area contributed by atoms with Crippen LogP contribution in [0.3, 0.4) is 0 Å². The third-order valence-electron chi connectivity index (χ3n) is 2.14. The zero-order chi connectivity index (χ0) is 13.8. The van der Waals surface area contributed by atoms with Crippen molar-refractivity contribution in [1.82, 2.24) is 20.2 Å². The molecule has 0 saturated heterocycles. The van der Waals surface area contributed by atoms with Crippen LogP contribution in [0, 0.1) is 0 Å². The average molecular weight is 345 g/mol. The number of hydrogen-bond acceptors (Lipinski definition) is 6. The van der Waals surface area contributed by atoms with Crippen molar-refractivity contribution in [2.75, 3.05) is 12.9 Å². The number of aromatic nitrogens is 4. The first-order valence-electron chi connectivity index (χ1n) is 5.08. The van der Waals surface area contributed by atoms with Crippen molar-refractivity contribution >= 4 is 33.7 Å². The predicted octanol–water partition coefficient (Wildman–Crippen LogP) is 1.61. The minimum atomic E-state index is -0.923. The number of hydrogen-bond donors (Lipinski definition) is 1. The smallest absolute Gasteiger partial charge is 0.313 e. The number of tetrazole rings is 1. The minimum absolute atomic E-state index is 0.103. The Balaban J connectivity index is 2.31. The summed E-state index contributed by atoms with van der Waals surface area (Å²) in [5.74, 6) is -0.385. The topological polar surface area (TPSA) is 90.1 Å². The molecule has 0 fully saturated rings. The molecule has 0 aliphatic heterocycles. The summed E-state index contributed by atoms with van der Waals surface area (Å²) in [4.78, 5) is 10.6. The molecule has 0 amide bonds. The van der Waals surface area contributed by atoms with Gasteiger partial charge in [-0.3, -0.25) is 4.79 Å². The number of rotatable bonds is 5. The summed E-state index contributed by atoms with van der Waals surface area (Å²) in [6.07, 6.45) is 0. The number of benzene rings is 1. The molecular weight excluding hydrogens is 336 g/mol. The van der Waals surface area contributed by atoms with E-state index in [1.54, 1.807) is 19.2 Å². The number of carboxylic acids is 1.